The molecular formula is C13H21N3O2. The van der Waals surface area contributed by atoms with Gasteiger partial charge in [0, 0.05) is 19.3 Å². The quantitative estimate of drug-likeness (QED) is 0.841. The van der Waals surface area contributed by atoms with Crippen LogP contribution < -0.4 is 5.73 Å². The van der Waals surface area contributed by atoms with Crippen molar-refractivity contribution < 1.29 is 9.90 Å². The van der Waals surface area contributed by atoms with Crippen LogP contribution in [0.5, 0.6) is 0 Å². The van der Waals surface area contributed by atoms with Crippen LogP contribution in [0.2, 0.25) is 0 Å². The van der Waals surface area contributed by atoms with E-state index in [1.807, 2.05) is 4.57 Å². The number of aliphatic hydroxyl groups is 1. The van der Waals surface area contributed by atoms with Crippen LogP contribution >= 0.6 is 0 Å². The maximum atomic E-state index is 12.5. The van der Waals surface area contributed by atoms with Crippen LogP contribution in [0.15, 0.2) is 12.3 Å². The van der Waals surface area contributed by atoms with Gasteiger partial charge in [0.1, 0.15) is 5.69 Å². The molecule has 5 nitrogen and oxygen atoms in total. The molecule has 0 bridgehead atoms. The molecule has 1 saturated heterocycles. The van der Waals surface area contributed by atoms with Gasteiger partial charge in [0.2, 0.25) is 0 Å². The largest absolute Gasteiger partial charge is 0.397 e. The van der Waals surface area contributed by atoms with Crippen molar-refractivity contribution in [2.45, 2.75) is 38.8 Å². The summed E-state index contributed by atoms with van der Waals surface area (Å²) in [5, 5.41) is 9.28. The Labute approximate surface area is 107 Å². The lowest BCUT2D eigenvalue weighted by Crippen LogP contribution is -2.38. The molecule has 1 aliphatic rings. The van der Waals surface area contributed by atoms with Gasteiger partial charge in [0.15, 0.2) is 0 Å². The van der Waals surface area contributed by atoms with Gasteiger partial charge in [-0.05, 0) is 25.3 Å². The molecule has 1 unspecified atom stereocenters. The van der Waals surface area contributed by atoms with Gasteiger partial charge in [0.05, 0.1) is 18.3 Å². The number of aromatic nitrogens is 1. The van der Waals surface area contributed by atoms with Crippen molar-refractivity contribution >= 4 is 11.6 Å². The van der Waals surface area contributed by atoms with Crippen LogP contribution in [-0.2, 0) is 6.54 Å². The number of nitrogens with two attached hydrogens (primary N) is 1. The minimum Gasteiger partial charge on any atom is -0.397 e. The number of likely N-dealkylation sites (tertiary alicyclic amines) is 1. The molecule has 0 aliphatic carbocycles. The van der Waals surface area contributed by atoms with Crippen LogP contribution in [0.1, 0.15) is 36.7 Å². The number of hydrogen-bond donors (Lipinski definition) is 2. The molecule has 2 heterocycles. The van der Waals surface area contributed by atoms with Crippen molar-refractivity contribution in [3.05, 3.63) is 18.0 Å². The zero-order valence-corrected chi connectivity index (χ0v) is 10.8. The lowest BCUT2D eigenvalue weighted by molar-refractivity contribution is 0.0666. The summed E-state index contributed by atoms with van der Waals surface area (Å²) in [5.41, 5.74) is 7.02. The lowest BCUT2D eigenvalue weighted by atomic mass is 10.2. The Morgan fingerprint density at radius 2 is 2.39 bits per heavy atom. The van der Waals surface area contributed by atoms with Crippen molar-refractivity contribution in [3.8, 4) is 0 Å². The Bertz CT molecular complexity index is 428. The van der Waals surface area contributed by atoms with Gasteiger partial charge in [0.25, 0.3) is 5.91 Å². The van der Waals surface area contributed by atoms with E-state index in [9.17, 15) is 9.90 Å². The summed E-state index contributed by atoms with van der Waals surface area (Å²) in [6.45, 7) is 3.61. The van der Waals surface area contributed by atoms with E-state index in [-0.39, 0.29) is 18.6 Å². The van der Waals surface area contributed by atoms with Crippen LogP contribution in [0.25, 0.3) is 0 Å². The first-order chi connectivity index (χ1) is 8.67. The second kappa shape index (κ2) is 5.44. The van der Waals surface area contributed by atoms with Crippen molar-refractivity contribution in [3.63, 3.8) is 0 Å². The molecule has 1 aromatic rings. The Morgan fingerprint density at radius 3 is 3.06 bits per heavy atom. The molecule has 0 saturated carbocycles. The van der Waals surface area contributed by atoms with Gasteiger partial charge in [-0.2, -0.15) is 0 Å². The Morgan fingerprint density at radius 1 is 1.61 bits per heavy atom. The average Bonchev–Trinajstić information content (AvgIpc) is 2.95. The van der Waals surface area contributed by atoms with Gasteiger partial charge in [-0.1, -0.05) is 6.92 Å². The second-order valence-electron chi connectivity index (χ2n) is 4.83. The topological polar surface area (TPSA) is 71.5 Å². The predicted octanol–water partition coefficient (Wildman–Crippen LogP) is 1.08. The summed E-state index contributed by atoms with van der Waals surface area (Å²) in [7, 11) is 0. The molecule has 1 aromatic heterocycles. The predicted molar refractivity (Wildman–Crippen MR) is 70.3 cm³/mol. The van der Waals surface area contributed by atoms with Crippen molar-refractivity contribution in [2.75, 3.05) is 18.9 Å². The monoisotopic (exact) mass is 251 g/mol. The molecule has 2 rings (SSSR count). The molecular weight excluding hydrogens is 230 g/mol. The first kappa shape index (κ1) is 13.0. The molecule has 0 spiro atoms. The summed E-state index contributed by atoms with van der Waals surface area (Å²) in [6, 6.07) is 1.69. The number of amides is 1. The highest BCUT2D eigenvalue weighted by molar-refractivity contribution is 5.94. The molecule has 3 N–H and O–H groups in total. The van der Waals surface area contributed by atoms with E-state index in [1.165, 1.54) is 0 Å². The smallest absolute Gasteiger partial charge is 0.270 e. The standard InChI is InChI=1S/C13H21N3O2/c1-2-5-15-8-10(14)7-12(15)13(18)16-6-3-4-11(16)9-17/h7-8,11,17H,2-6,9,14H2,1H3. The molecule has 1 amide bonds. The molecule has 0 radical (unpaired) electrons. The maximum absolute atomic E-state index is 12.5. The van der Waals surface area contributed by atoms with E-state index in [0.29, 0.717) is 11.4 Å². The maximum Gasteiger partial charge on any atom is 0.270 e. The number of carbonyl (C=O) groups excluding carboxylic acids is 1. The van der Waals surface area contributed by atoms with Gasteiger partial charge in [-0.25, -0.2) is 0 Å². The second-order valence-corrected chi connectivity index (χ2v) is 4.83. The van der Waals surface area contributed by atoms with Crippen molar-refractivity contribution in [1.82, 2.24) is 9.47 Å². The highest BCUT2D eigenvalue weighted by Crippen LogP contribution is 2.21. The zero-order valence-electron chi connectivity index (χ0n) is 10.8. The van der Waals surface area contributed by atoms with E-state index in [0.717, 1.165) is 32.4 Å². The van der Waals surface area contributed by atoms with E-state index in [4.69, 9.17) is 5.73 Å². The average molecular weight is 251 g/mol. The highest BCUT2D eigenvalue weighted by atomic mass is 16.3. The Kier molecular flexibility index (Phi) is 3.91. The van der Waals surface area contributed by atoms with Gasteiger partial charge in [-0.3, -0.25) is 4.79 Å². The minimum absolute atomic E-state index is 0.0169. The summed E-state index contributed by atoms with van der Waals surface area (Å²) >= 11 is 0. The van der Waals surface area contributed by atoms with E-state index in [1.54, 1.807) is 17.2 Å². The molecule has 5 heteroatoms. The van der Waals surface area contributed by atoms with E-state index in [2.05, 4.69) is 6.92 Å². The summed E-state index contributed by atoms with van der Waals surface area (Å²) in [4.78, 5) is 14.2. The van der Waals surface area contributed by atoms with Gasteiger partial charge in [-0.15, -0.1) is 0 Å². The van der Waals surface area contributed by atoms with Crippen LogP contribution in [0.4, 0.5) is 5.69 Å². The fourth-order valence-electron chi connectivity index (χ4n) is 2.58. The number of anilines is 1. The number of nitrogen functional groups attached to an aromatic ring is 1. The SMILES string of the molecule is CCCn1cc(N)cc1C(=O)N1CCCC1CO. The fourth-order valence-corrected chi connectivity index (χ4v) is 2.58. The third-order valence-electron chi connectivity index (χ3n) is 3.45. The number of nitrogens with zero attached hydrogens (tertiary/aromatic N) is 2. The van der Waals surface area contributed by atoms with Crippen LogP contribution in [0.3, 0.4) is 0 Å². The first-order valence-corrected chi connectivity index (χ1v) is 6.54. The normalized spacial score (nSPS) is 19.4. The molecule has 100 valence electrons. The molecule has 18 heavy (non-hydrogen) atoms. The molecule has 1 atom stereocenters. The number of aryl methyl sites for hydroxylation is 1. The summed E-state index contributed by atoms with van der Waals surface area (Å²) in [6.07, 6.45) is 4.60. The van der Waals surface area contributed by atoms with E-state index >= 15 is 0 Å². The lowest BCUT2D eigenvalue weighted by Gasteiger charge is -2.23. The minimum atomic E-state index is -0.0382. The molecule has 1 aliphatic heterocycles. The number of rotatable bonds is 4. The third-order valence-corrected chi connectivity index (χ3v) is 3.45. The zero-order chi connectivity index (χ0) is 13.1. The summed E-state index contributed by atoms with van der Waals surface area (Å²) in [5.74, 6) is -0.0169. The number of carbonyl (C=O) groups is 1. The Balaban J connectivity index is 2.22. The fraction of sp³-hybridized carbons (Fsp3) is 0.615. The highest BCUT2D eigenvalue weighted by Gasteiger charge is 2.30. The van der Waals surface area contributed by atoms with Crippen LogP contribution in [0, 0.1) is 0 Å². The number of aliphatic hydroxyl groups excluding tert-OH is 1. The van der Waals surface area contributed by atoms with Crippen molar-refractivity contribution in [2.24, 2.45) is 0 Å². The van der Waals surface area contributed by atoms with Crippen molar-refractivity contribution in [1.29, 1.82) is 0 Å². The first-order valence-electron chi connectivity index (χ1n) is 6.54. The number of hydrogen-bond acceptors (Lipinski definition) is 3. The molecule has 1 fully saturated rings. The van der Waals surface area contributed by atoms with E-state index < -0.39 is 0 Å². The van der Waals surface area contributed by atoms with Gasteiger partial charge >= 0.3 is 0 Å². The van der Waals surface area contributed by atoms with Gasteiger partial charge < -0.3 is 20.3 Å². The summed E-state index contributed by atoms with van der Waals surface area (Å²) < 4.78 is 1.91. The third kappa shape index (κ3) is 2.36. The Hall–Kier alpha value is -1.49. The molecule has 0 aromatic carbocycles. The van der Waals surface area contributed by atoms with Crippen LogP contribution in [-0.4, -0.2) is 39.7 Å².